The number of thiocarbonyl (C=S) groups is 1. The number of thioether (sulfide) groups is 1. The highest BCUT2D eigenvalue weighted by Crippen LogP contribution is 2.33. The molecule has 0 radical (unpaired) electrons. The normalized spacial score (nSPS) is 15.2. The van der Waals surface area contributed by atoms with Crippen molar-refractivity contribution < 1.29 is 14.3 Å². The molecule has 0 atom stereocenters. The van der Waals surface area contributed by atoms with Gasteiger partial charge in [-0.15, -0.1) is 11.3 Å². The number of rotatable bonds is 9. The second-order valence-electron chi connectivity index (χ2n) is 6.44. The van der Waals surface area contributed by atoms with Gasteiger partial charge in [-0.2, -0.15) is 0 Å². The summed E-state index contributed by atoms with van der Waals surface area (Å²) in [7, 11) is 1.61. The van der Waals surface area contributed by atoms with Crippen molar-refractivity contribution in [3.8, 4) is 5.75 Å². The molecule has 1 N–H and O–H groups in total. The highest BCUT2D eigenvalue weighted by atomic mass is 32.2. The van der Waals surface area contributed by atoms with E-state index < -0.39 is 0 Å². The Morgan fingerprint density at radius 2 is 2.00 bits per heavy atom. The highest BCUT2D eigenvalue weighted by molar-refractivity contribution is 8.26. The van der Waals surface area contributed by atoms with E-state index in [4.69, 9.17) is 17.0 Å². The number of hydrogen-bond donors (Lipinski definition) is 1. The van der Waals surface area contributed by atoms with E-state index in [1.165, 1.54) is 11.8 Å². The SMILES string of the molecule is COc1ccc(NC(=O)CCCCCN2C(=O)C(=Cc3cccs3)SC2=S)cc1. The summed E-state index contributed by atoms with van der Waals surface area (Å²) >= 11 is 8.31. The summed E-state index contributed by atoms with van der Waals surface area (Å²) in [6.07, 6.45) is 4.78. The van der Waals surface area contributed by atoms with Crippen LogP contribution in [-0.2, 0) is 9.59 Å². The van der Waals surface area contributed by atoms with Gasteiger partial charge in [-0.05, 0) is 54.6 Å². The third-order valence-electron chi connectivity index (χ3n) is 4.35. The number of amides is 2. The van der Waals surface area contributed by atoms with E-state index in [9.17, 15) is 9.59 Å². The molecule has 1 fully saturated rings. The van der Waals surface area contributed by atoms with Gasteiger partial charge in [0, 0.05) is 23.5 Å². The maximum Gasteiger partial charge on any atom is 0.266 e. The van der Waals surface area contributed by atoms with Crippen molar-refractivity contribution in [2.75, 3.05) is 19.0 Å². The maximum atomic E-state index is 12.5. The minimum atomic E-state index is -0.0225. The first kappa shape index (κ1) is 21.5. The predicted octanol–water partition coefficient (Wildman–Crippen LogP) is 5.16. The first-order valence-corrected chi connectivity index (χ1v) is 11.4. The van der Waals surface area contributed by atoms with Gasteiger partial charge in [0.05, 0.1) is 12.0 Å². The van der Waals surface area contributed by atoms with Gasteiger partial charge < -0.3 is 10.1 Å². The van der Waals surface area contributed by atoms with E-state index in [0.29, 0.717) is 22.2 Å². The highest BCUT2D eigenvalue weighted by Gasteiger charge is 2.31. The Morgan fingerprint density at radius 1 is 1.21 bits per heavy atom. The first-order valence-electron chi connectivity index (χ1n) is 9.29. The molecule has 1 aliphatic rings. The number of carbonyl (C=O) groups excluding carboxylic acids is 2. The molecule has 0 aliphatic carbocycles. The Hall–Kier alpha value is -2.16. The average molecular weight is 447 g/mol. The van der Waals surface area contributed by atoms with Crippen LogP contribution in [0.4, 0.5) is 5.69 Å². The van der Waals surface area contributed by atoms with Gasteiger partial charge in [0.25, 0.3) is 5.91 Å². The molecule has 3 rings (SSSR count). The summed E-state index contributed by atoms with van der Waals surface area (Å²) in [5, 5.41) is 4.86. The lowest BCUT2D eigenvalue weighted by Gasteiger charge is -2.14. The fraction of sp³-hybridized carbons (Fsp3) is 0.286. The minimum absolute atomic E-state index is 0.0142. The molecule has 5 nitrogen and oxygen atoms in total. The lowest BCUT2D eigenvalue weighted by atomic mass is 10.1. The molecule has 152 valence electrons. The van der Waals surface area contributed by atoms with Gasteiger partial charge in [-0.1, -0.05) is 36.5 Å². The van der Waals surface area contributed by atoms with Crippen molar-refractivity contribution in [1.29, 1.82) is 0 Å². The van der Waals surface area contributed by atoms with Crippen molar-refractivity contribution in [2.24, 2.45) is 0 Å². The smallest absolute Gasteiger partial charge is 0.266 e. The third kappa shape index (κ3) is 6.16. The van der Waals surface area contributed by atoms with Gasteiger partial charge in [-0.25, -0.2) is 0 Å². The van der Waals surface area contributed by atoms with Crippen LogP contribution in [0.15, 0.2) is 46.7 Å². The zero-order chi connectivity index (χ0) is 20.6. The standard InChI is InChI=1S/C21H22N2O3S3/c1-26-16-10-8-15(9-11-16)22-19(24)7-3-2-4-12-23-20(25)18(29-21(23)27)14-17-6-5-13-28-17/h5-6,8-11,13-14H,2-4,7,12H2,1H3,(H,22,24). The van der Waals surface area contributed by atoms with E-state index in [-0.39, 0.29) is 11.8 Å². The largest absolute Gasteiger partial charge is 0.497 e. The maximum absolute atomic E-state index is 12.5. The molecule has 1 aromatic carbocycles. The third-order valence-corrected chi connectivity index (χ3v) is 6.55. The monoisotopic (exact) mass is 446 g/mol. The molecule has 0 bridgehead atoms. The van der Waals surface area contributed by atoms with Gasteiger partial charge in [0.15, 0.2) is 0 Å². The number of hydrogen-bond acceptors (Lipinski definition) is 6. The van der Waals surface area contributed by atoms with Crippen LogP contribution in [0.3, 0.4) is 0 Å². The lowest BCUT2D eigenvalue weighted by Crippen LogP contribution is -2.29. The van der Waals surface area contributed by atoms with Crippen molar-refractivity contribution in [3.63, 3.8) is 0 Å². The number of nitrogens with one attached hydrogen (secondary N) is 1. The molecule has 29 heavy (non-hydrogen) atoms. The second-order valence-corrected chi connectivity index (χ2v) is 9.09. The van der Waals surface area contributed by atoms with Crippen LogP contribution in [0.1, 0.15) is 30.6 Å². The van der Waals surface area contributed by atoms with E-state index in [0.717, 1.165) is 35.6 Å². The van der Waals surface area contributed by atoms with Crippen molar-refractivity contribution in [1.82, 2.24) is 4.90 Å². The quantitative estimate of drug-likeness (QED) is 0.328. The molecule has 2 amide bonds. The lowest BCUT2D eigenvalue weighted by molar-refractivity contribution is -0.122. The predicted molar refractivity (Wildman–Crippen MR) is 124 cm³/mol. The van der Waals surface area contributed by atoms with Crippen molar-refractivity contribution in [2.45, 2.75) is 25.7 Å². The molecule has 8 heteroatoms. The molecule has 0 spiro atoms. The molecular weight excluding hydrogens is 424 g/mol. The van der Waals surface area contributed by atoms with Crippen LogP contribution in [0.5, 0.6) is 5.75 Å². The van der Waals surface area contributed by atoms with Gasteiger partial charge in [-0.3, -0.25) is 14.5 Å². The zero-order valence-electron chi connectivity index (χ0n) is 16.1. The number of nitrogens with zero attached hydrogens (tertiary/aromatic N) is 1. The Kier molecular flexibility index (Phi) is 7.85. The van der Waals surface area contributed by atoms with Crippen LogP contribution in [0.2, 0.25) is 0 Å². The number of methoxy groups -OCH3 is 1. The molecule has 1 aliphatic heterocycles. The fourth-order valence-corrected chi connectivity index (χ4v) is 4.86. The topological polar surface area (TPSA) is 58.6 Å². The Labute approximate surface area is 184 Å². The molecule has 1 aromatic heterocycles. The minimum Gasteiger partial charge on any atom is -0.497 e. The summed E-state index contributed by atoms with van der Waals surface area (Å²) in [5.41, 5.74) is 0.755. The van der Waals surface area contributed by atoms with Crippen LogP contribution >= 0.6 is 35.3 Å². The summed E-state index contributed by atoms with van der Waals surface area (Å²) in [6.45, 7) is 0.590. The summed E-state index contributed by atoms with van der Waals surface area (Å²) < 4.78 is 5.71. The van der Waals surface area contributed by atoms with E-state index in [1.54, 1.807) is 23.3 Å². The number of anilines is 1. The second kappa shape index (κ2) is 10.6. The van der Waals surface area contributed by atoms with Gasteiger partial charge in [0.2, 0.25) is 5.91 Å². The summed E-state index contributed by atoms with van der Waals surface area (Å²) in [6, 6.07) is 11.2. The molecule has 1 saturated heterocycles. The van der Waals surface area contributed by atoms with Gasteiger partial charge in [0.1, 0.15) is 10.1 Å². The van der Waals surface area contributed by atoms with Crippen LogP contribution < -0.4 is 10.1 Å². The first-order chi connectivity index (χ1) is 14.1. The Bertz CT molecular complexity index is 892. The number of benzene rings is 1. The van der Waals surface area contributed by atoms with Crippen LogP contribution in [-0.4, -0.2) is 34.7 Å². The zero-order valence-corrected chi connectivity index (χ0v) is 18.5. The molecule has 0 unspecified atom stereocenters. The number of unbranched alkanes of at least 4 members (excludes halogenated alkanes) is 2. The number of carbonyl (C=O) groups is 2. The Morgan fingerprint density at radius 3 is 2.69 bits per heavy atom. The fourth-order valence-electron chi connectivity index (χ4n) is 2.83. The van der Waals surface area contributed by atoms with Crippen molar-refractivity contribution in [3.05, 3.63) is 51.6 Å². The van der Waals surface area contributed by atoms with Crippen LogP contribution in [0, 0.1) is 0 Å². The average Bonchev–Trinajstić information content (AvgIpc) is 3.32. The van der Waals surface area contributed by atoms with Crippen LogP contribution in [0.25, 0.3) is 6.08 Å². The Balaban J connectivity index is 1.37. The molecule has 0 saturated carbocycles. The summed E-state index contributed by atoms with van der Waals surface area (Å²) in [5.74, 6) is 0.717. The van der Waals surface area contributed by atoms with E-state index in [1.807, 2.05) is 47.9 Å². The molecule has 2 heterocycles. The molecule has 2 aromatic rings. The summed E-state index contributed by atoms with van der Waals surface area (Å²) in [4.78, 5) is 28.0. The van der Waals surface area contributed by atoms with Gasteiger partial charge >= 0.3 is 0 Å². The number of ether oxygens (including phenoxy) is 1. The van der Waals surface area contributed by atoms with E-state index >= 15 is 0 Å². The molecular formula is C21H22N2O3S3. The van der Waals surface area contributed by atoms with E-state index in [2.05, 4.69) is 5.32 Å². The van der Waals surface area contributed by atoms with Crippen molar-refractivity contribution >= 4 is 63.2 Å². The number of thiophene rings is 1.